The maximum atomic E-state index is 12.7. The van der Waals surface area contributed by atoms with Crippen LogP contribution in [0, 0.1) is 6.92 Å². The number of fused-ring (bicyclic) bond motifs is 1. The number of hydrogen-bond acceptors (Lipinski definition) is 6. The number of thiophene rings is 1. The first-order chi connectivity index (χ1) is 14.8. The molecule has 3 atom stereocenters. The normalized spacial score (nSPS) is 22.2. The molecule has 0 spiro atoms. The van der Waals surface area contributed by atoms with Gasteiger partial charge in [0.1, 0.15) is 6.23 Å². The molecular formula is C22H24ClN3O4S. The van der Waals surface area contributed by atoms with Crippen LogP contribution in [0.2, 0.25) is 5.02 Å². The van der Waals surface area contributed by atoms with Gasteiger partial charge in [0, 0.05) is 28.4 Å². The number of nitrogens with one attached hydrogen (secondary N) is 2. The number of aliphatic hydroxyl groups excluding tert-OH is 1. The third kappa shape index (κ3) is 4.25. The minimum Gasteiger partial charge on any atom is -0.374 e. The summed E-state index contributed by atoms with van der Waals surface area (Å²) < 4.78 is 0. The lowest BCUT2D eigenvalue weighted by Crippen LogP contribution is -2.51. The average Bonchev–Trinajstić information content (AvgIpc) is 3.28. The maximum Gasteiger partial charge on any atom is 0.244 e. The molecule has 2 unspecified atom stereocenters. The molecule has 2 aromatic rings. The smallest absolute Gasteiger partial charge is 0.244 e. The molecule has 3 N–H and O–H groups in total. The molecule has 3 amide bonds. The molecule has 7 nitrogen and oxygen atoms in total. The quantitative estimate of drug-likeness (QED) is 0.595. The van der Waals surface area contributed by atoms with Crippen LogP contribution in [0.15, 0.2) is 23.6 Å². The standard InChI is InChI=1S/C22H24ClN3O4S/c1-11-3-4-13(7-16(11)23)12(2)20(28)24-8-18-14-9-26(22(30)15(14)10-31-18)17-5-6-19(27)25-21(17)29/h3-4,7,10,12,17,22,30H,5-6,8-9H2,1-2H3,(H,24,28)(H,25,27,29)/t12-,17?,22?/m0/s1. The largest absolute Gasteiger partial charge is 0.374 e. The molecule has 1 aromatic heterocycles. The van der Waals surface area contributed by atoms with Gasteiger partial charge in [0.2, 0.25) is 17.7 Å². The van der Waals surface area contributed by atoms with E-state index in [0.29, 0.717) is 24.5 Å². The monoisotopic (exact) mass is 461 g/mol. The topological polar surface area (TPSA) is 98.7 Å². The van der Waals surface area contributed by atoms with Crippen molar-refractivity contribution in [2.24, 2.45) is 0 Å². The zero-order valence-electron chi connectivity index (χ0n) is 17.3. The zero-order valence-corrected chi connectivity index (χ0v) is 18.8. The Morgan fingerprint density at radius 1 is 1.42 bits per heavy atom. The molecule has 4 rings (SSSR count). The van der Waals surface area contributed by atoms with E-state index in [1.807, 2.05) is 37.4 Å². The Morgan fingerprint density at radius 3 is 2.90 bits per heavy atom. The van der Waals surface area contributed by atoms with Gasteiger partial charge in [-0.25, -0.2) is 0 Å². The molecule has 0 saturated carbocycles. The van der Waals surface area contributed by atoms with Crippen LogP contribution in [-0.4, -0.2) is 33.8 Å². The van der Waals surface area contributed by atoms with Gasteiger partial charge in [-0.05, 0) is 48.4 Å². The van der Waals surface area contributed by atoms with Crippen LogP contribution in [0.4, 0.5) is 0 Å². The van der Waals surface area contributed by atoms with Gasteiger partial charge in [0.05, 0.1) is 18.5 Å². The number of nitrogens with zero attached hydrogens (tertiary/aromatic N) is 1. The first kappa shape index (κ1) is 22.0. The molecule has 2 aliphatic rings. The van der Waals surface area contributed by atoms with E-state index < -0.39 is 12.3 Å². The van der Waals surface area contributed by atoms with Crippen LogP contribution in [0.1, 0.15) is 59.0 Å². The summed E-state index contributed by atoms with van der Waals surface area (Å²) in [5, 5.41) is 18.5. The van der Waals surface area contributed by atoms with Gasteiger partial charge in [-0.15, -0.1) is 11.3 Å². The van der Waals surface area contributed by atoms with E-state index in [4.69, 9.17) is 11.6 Å². The number of imide groups is 1. The highest BCUT2D eigenvalue weighted by atomic mass is 35.5. The number of rotatable bonds is 5. The third-order valence-electron chi connectivity index (χ3n) is 6.07. The van der Waals surface area contributed by atoms with Gasteiger partial charge in [0.25, 0.3) is 0 Å². The molecular weight excluding hydrogens is 438 g/mol. The fourth-order valence-electron chi connectivity index (χ4n) is 4.06. The maximum absolute atomic E-state index is 12.7. The highest BCUT2D eigenvalue weighted by Crippen LogP contribution is 2.40. The minimum absolute atomic E-state index is 0.109. The number of aryl methyl sites for hydroxylation is 1. The molecule has 2 aliphatic heterocycles. The zero-order chi connectivity index (χ0) is 22.3. The van der Waals surface area contributed by atoms with Gasteiger partial charge in [-0.2, -0.15) is 0 Å². The van der Waals surface area contributed by atoms with Crippen LogP contribution >= 0.6 is 22.9 Å². The fourth-order valence-corrected chi connectivity index (χ4v) is 5.26. The van der Waals surface area contributed by atoms with Crippen molar-refractivity contribution in [1.29, 1.82) is 0 Å². The van der Waals surface area contributed by atoms with Gasteiger partial charge >= 0.3 is 0 Å². The Labute approximate surface area is 189 Å². The summed E-state index contributed by atoms with van der Waals surface area (Å²) in [6.45, 7) is 4.50. The van der Waals surface area contributed by atoms with E-state index in [-0.39, 0.29) is 30.1 Å². The van der Waals surface area contributed by atoms with Crippen LogP contribution in [0.3, 0.4) is 0 Å². The Balaban J connectivity index is 1.41. The Hall–Kier alpha value is -2.26. The van der Waals surface area contributed by atoms with Crippen LogP contribution < -0.4 is 10.6 Å². The molecule has 1 aromatic carbocycles. The van der Waals surface area contributed by atoms with Crippen molar-refractivity contribution >= 4 is 40.7 Å². The number of aliphatic hydroxyl groups is 1. The molecule has 0 radical (unpaired) electrons. The number of halogens is 1. The van der Waals surface area contributed by atoms with Crippen molar-refractivity contribution in [2.45, 2.75) is 58.0 Å². The molecule has 31 heavy (non-hydrogen) atoms. The minimum atomic E-state index is -0.895. The van der Waals surface area contributed by atoms with E-state index in [9.17, 15) is 19.5 Å². The first-order valence-electron chi connectivity index (χ1n) is 10.2. The fraction of sp³-hybridized carbons (Fsp3) is 0.409. The van der Waals surface area contributed by atoms with Crippen molar-refractivity contribution in [1.82, 2.24) is 15.5 Å². The molecule has 9 heteroatoms. The van der Waals surface area contributed by atoms with E-state index >= 15 is 0 Å². The lowest BCUT2D eigenvalue weighted by Gasteiger charge is -2.31. The summed E-state index contributed by atoms with van der Waals surface area (Å²) in [6, 6.07) is 5.08. The van der Waals surface area contributed by atoms with E-state index in [1.54, 1.807) is 4.90 Å². The van der Waals surface area contributed by atoms with Crippen molar-refractivity contribution in [2.75, 3.05) is 0 Å². The summed E-state index contributed by atoms with van der Waals surface area (Å²) in [4.78, 5) is 39.0. The lowest BCUT2D eigenvalue weighted by atomic mass is 9.99. The van der Waals surface area contributed by atoms with Gasteiger partial charge < -0.3 is 10.4 Å². The van der Waals surface area contributed by atoms with Gasteiger partial charge in [0.15, 0.2) is 0 Å². The second-order valence-electron chi connectivity index (χ2n) is 8.05. The second-order valence-corrected chi connectivity index (χ2v) is 9.43. The number of carbonyl (C=O) groups is 3. The number of amides is 3. The lowest BCUT2D eigenvalue weighted by molar-refractivity contribution is -0.141. The number of carbonyl (C=O) groups excluding carboxylic acids is 3. The van der Waals surface area contributed by atoms with Gasteiger partial charge in [-0.1, -0.05) is 23.7 Å². The summed E-state index contributed by atoms with van der Waals surface area (Å²) in [5.41, 5.74) is 3.51. The summed E-state index contributed by atoms with van der Waals surface area (Å²) in [5.74, 6) is -1.11. The van der Waals surface area contributed by atoms with Crippen LogP contribution in [0.5, 0.6) is 0 Å². The SMILES string of the molecule is Cc1ccc([C@H](C)C(=O)NCc2scc3c2CN(C2CCC(=O)NC2=O)C3O)cc1Cl. The summed E-state index contributed by atoms with van der Waals surface area (Å²) >= 11 is 7.67. The molecule has 3 heterocycles. The summed E-state index contributed by atoms with van der Waals surface area (Å²) in [7, 11) is 0. The number of piperidine rings is 1. The van der Waals surface area contributed by atoms with Crippen LogP contribution in [-0.2, 0) is 27.5 Å². The molecule has 0 bridgehead atoms. The van der Waals surface area contributed by atoms with E-state index in [0.717, 1.165) is 27.1 Å². The molecule has 164 valence electrons. The Kier molecular flexibility index (Phi) is 6.16. The van der Waals surface area contributed by atoms with E-state index in [2.05, 4.69) is 10.6 Å². The van der Waals surface area contributed by atoms with Crippen molar-refractivity contribution in [3.05, 3.63) is 55.7 Å². The predicted molar refractivity (Wildman–Crippen MR) is 117 cm³/mol. The van der Waals surface area contributed by atoms with Gasteiger partial charge in [-0.3, -0.25) is 24.6 Å². The highest BCUT2D eigenvalue weighted by molar-refractivity contribution is 7.10. The Bertz CT molecular complexity index is 1050. The van der Waals surface area contributed by atoms with Crippen LogP contribution in [0.25, 0.3) is 0 Å². The molecule has 1 saturated heterocycles. The molecule has 1 fully saturated rings. The van der Waals surface area contributed by atoms with E-state index in [1.165, 1.54) is 11.3 Å². The van der Waals surface area contributed by atoms with Crippen molar-refractivity contribution < 1.29 is 19.5 Å². The Morgan fingerprint density at radius 2 is 2.19 bits per heavy atom. The number of benzene rings is 1. The second kappa shape index (κ2) is 8.70. The van der Waals surface area contributed by atoms with Crippen molar-refractivity contribution in [3.8, 4) is 0 Å². The third-order valence-corrected chi connectivity index (χ3v) is 7.52. The first-order valence-corrected chi connectivity index (χ1v) is 11.4. The number of hydrogen-bond donors (Lipinski definition) is 3. The highest BCUT2D eigenvalue weighted by Gasteiger charge is 2.41. The van der Waals surface area contributed by atoms with Crippen molar-refractivity contribution in [3.63, 3.8) is 0 Å². The summed E-state index contributed by atoms with van der Waals surface area (Å²) in [6.07, 6.45) is -0.248. The molecule has 0 aliphatic carbocycles. The average molecular weight is 462 g/mol. The predicted octanol–water partition coefficient (Wildman–Crippen LogP) is 2.74.